The molecule has 72 heavy (non-hydrogen) atoms. The minimum absolute atomic E-state index is 0.164. The molecule has 0 bridgehead atoms. The summed E-state index contributed by atoms with van der Waals surface area (Å²) in [5.41, 5.74) is 4.71. The Balaban J connectivity index is 0.000000241. The lowest BCUT2D eigenvalue weighted by molar-refractivity contribution is -0.154. The third-order valence-corrected chi connectivity index (χ3v) is 10.6. The van der Waals surface area contributed by atoms with Gasteiger partial charge in [-0.25, -0.2) is 19.9 Å². The summed E-state index contributed by atoms with van der Waals surface area (Å²) in [4.78, 5) is 68.0. The Bertz CT molecular complexity index is 2680. The number of hydrogen-bond donors (Lipinski definition) is 5. The van der Waals surface area contributed by atoms with E-state index in [4.69, 9.17) is 18.9 Å². The van der Waals surface area contributed by atoms with Crippen molar-refractivity contribution in [2.75, 3.05) is 57.1 Å². The summed E-state index contributed by atoms with van der Waals surface area (Å²) < 4.78 is 21.4. The number of rotatable bonds is 17. The van der Waals surface area contributed by atoms with E-state index in [9.17, 15) is 24.3 Å². The number of carbonyl (C=O) groups excluding carboxylic acids is 4. The summed E-state index contributed by atoms with van der Waals surface area (Å²) in [5.74, 6) is 0.821. The molecule has 4 aromatic carbocycles. The number of nitrogens with zero attached hydrogens (tertiary/aromatic N) is 5. The van der Waals surface area contributed by atoms with Gasteiger partial charge in [-0.2, -0.15) is 0 Å². The van der Waals surface area contributed by atoms with Crippen LogP contribution in [0.4, 0.5) is 23.3 Å². The van der Waals surface area contributed by atoms with Gasteiger partial charge in [0.1, 0.15) is 42.4 Å². The van der Waals surface area contributed by atoms with Crippen LogP contribution in [0.15, 0.2) is 122 Å². The third-order valence-electron chi connectivity index (χ3n) is 10.6. The third kappa shape index (κ3) is 17.8. The fraction of sp³-hybridized carbons (Fsp3) is 0.333. The van der Waals surface area contributed by atoms with E-state index in [1.54, 1.807) is 110 Å². The molecule has 1 aliphatic rings. The summed E-state index contributed by atoms with van der Waals surface area (Å²) in [6, 6.07) is 29.1. The molecule has 5 N–H and O–H groups in total. The normalized spacial score (nSPS) is 12.8. The minimum atomic E-state index is -0.601. The smallest absolute Gasteiger partial charge is 0.325 e. The second-order valence-electron chi connectivity index (χ2n) is 18.7. The van der Waals surface area contributed by atoms with Crippen LogP contribution < -0.4 is 30.7 Å². The molecule has 0 aliphatic carbocycles. The number of aliphatic hydroxyl groups excluding tert-OH is 1. The van der Waals surface area contributed by atoms with Gasteiger partial charge in [0, 0.05) is 78.1 Å². The van der Waals surface area contributed by atoms with Crippen LogP contribution in [0.25, 0.3) is 22.3 Å². The van der Waals surface area contributed by atoms with Gasteiger partial charge in [-0.15, -0.1) is 0 Å². The van der Waals surface area contributed by atoms with Crippen molar-refractivity contribution < 1.29 is 43.2 Å². The second-order valence-corrected chi connectivity index (χ2v) is 18.7. The van der Waals surface area contributed by atoms with Crippen molar-refractivity contribution in [2.24, 2.45) is 0 Å². The van der Waals surface area contributed by atoms with Crippen molar-refractivity contribution in [2.45, 2.75) is 71.7 Å². The first kappa shape index (κ1) is 53.4. The number of esters is 2. The van der Waals surface area contributed by atoms with Crippen molar-refractivity contribution in [3.63, 3.8) is 0 Å². The Morgan fingerprint density at radius 1 is 0.569 bits per heavy atom. The zero-order valence-corrected chi connectivity index (χ0v) is 41.7. The monoisotopic (exact) mass is 981 g/mol. The van der Waals surface area contributed by atoms with Crippen molar-refractivity contribution >= 4 is 47.0 Å². The van der Waals surface area contributed by atoms with Crippen molar-refractivity contribution in [3.8, 4) is 33.8 Å². The van der Waals surface area contributed by atoms with Gasteiger partial charge >= 0.3 is 11.9 Å². The Labute approximate surface area is 419 Å². The van der Waals surface area contributed by atoms with Gasteiger partial charge in [0.15, 0.2) is 0 Å². The minimum Gasteiger partial charge on any atom is -0.497 e. The van der Waals surface area contributed by atoms with Crippen LogP contribution >= 0.6 is 0 Å². The van der Waals surface area contributed by atoms with Crippen LogP contribution in [0.1, 0.15) is 75.1 Å². The van der Waals surface area contributed by atoms with E-state index in [1.807, 2.05) is 60.7 Å². The van der Waals surface area contributed by atoms with E-state index >= 15 is 0 Å². The molecule has 0 atom stereocenters. The molecule has 2 amide bonds. The number of methoxy groups -OCH3 is 1. The number of hydrogen-bond acceptors (Lipinski definition) is 16. The molecule has 0 saturated carbocycles. The summed E-state index contributed by atoms with van der Waals surface area (Å²) in [6.07, 6.45) is 8.32. The largest absolute Gasteiger partial charge is 0.497 e. The maximum Gasteiger partial charge on any atom is 0.325 e. The lowest BCUT2D eigenvalue weighted by atomic mass is 10.1. The summed E-state index contributed by atoms with van der Waals surface area (Å²) in [6.45, 7) is 13.5. The maximum absolute atomic E-state index is 12.4. The van der Waals surface area contributed by atoms with Gasteiger partial charge in [0.25, 0.3) is 11.8 Å². The van der Waals surface area contributed by atoms with Crippen LogP contribution in [-0.4, -0.2) is 117 Å². The van der Waals surface area contributed by atoms with Crippen LogP contribution in [0.3, 0.4) is 0 Å². The Hall–Kier alpha value is -7.96. The van der Waals surface area contributed by atoms with E-state index < -0.39 is 23.1 Å². The van der Waals surface area contributed by atoms with Gasteiger partial charge in [0.05, 0.1) is 13.2 Å². The van der Waals surface area contributed by atoms with Gasteiger partial charge in [0.2, 0.25) is 11.9 Å². The lowest BCUT2D eigenvalue weighted by Crippen LogP contribution is -2.38. The molecule has 1 saturated heterocycles. The SMILES string of the molecule is CC(C)(C)OC(=O)CNC(=O)c1ccc(-c2cnc(Nc3ccc(OCCN4CCC(O)CC4)cc3)nc2)cc1.COc1ccc(Nc2ncc(-c3ccc(C(=O)NCC(=O)OC(C)(C)C)cc3)cn2)cc1. The summed E-state index contributed by atoms with van der Waals surface area (Å²) >= 11 is 0. The predicted octanol–water partition coefficient (Wildman–Crippen LogP) is 7.76. The number of benzene rings is 4. The average Bonchev–Trinajstić information content (AvgIpc) is 3.36. The Morgan fingerprint density at radius 3 is 1.33 bits per heavy atom. The lowest BCUT2D eigenvalue weighted by Gasteiger charge is -2.29. The number of ether oxygens (including phenoxy) is 4. The van der Waals surface area contributed by atoms with E-state index in [1.165, 1.54) is 0 Å². The fourth-order valence-corrected chi connectivity index (χ4v) is 6.98. The summed E-state index contributed by atoms with van der Waals surface area (Å²) in [7, 11) is 1.62. The molecule has 7 rings (SSSR count). The molecular weight excluding hydrogens is 919 g/mol. The number of piperidine rings is 1. The number of aromatic nitrogens is 4. The number of aliphatic hydroxyl groups is 1. The molecule has 6 aromatic rings. The van der Waals surface area contributed by atoms with Gasteiger partial charge in [-0.3, -0.25) is 24.1 Å². The highest BCUT2D eigenvalue weighted by molar-refractivity contribution is 5.97. The molecule has 1 aliphatic heterocycles. The molecule has 3 heterocycles. The standard InChI is InChI=1S/C30H37N5O5.C24H26N4O4/c1-30(2,3)40-27(37)20-31-28(38)22-6-4-21(5-7-22)23-18-32-29(33-19-23)34-24-8-10-26(11-9-24)39-17-16-35-14-12-25(36)13-15-35;1-24(2,3)32-21(29)15-25-22(30)17-7-5-16(6-8-17)18-13-26-23(27-14-18)28-19-9-11-20(31-4)12-10-19/h4-11,18-19,25,36H,12-17,20H2,1-3H3,(H,31,38)(H,32,33,34);5-14H,15H2,1-4H3,(H,25,30)(H,26,27,28). The zero-order chi connectivity index (χ0) is 51.7. The molecule has 1 fully saturated rings. The quantitative estimate of drug-likeness (QED) is 0.0550. The zero-order valence-electron chi connectivity index (χ0n) is 41.7. The molecular formula is C54H63N9O9. The van der Waals surface area contributed by atoms with E-state index in [0.29, 0.717) is 29.6 Å². The van der Waals surface area contributed by atoms with Gasteiger partial charge in [-0.05, 0) is 138 Å². The van der Waals surface area contributed by atoms with E-state index in [2.05, 4.69) is 46.1 Å². The second kappa shape index (κ2) is 25.2. The van der Waals surface area contributed by atoms with Crippen molar-refractivity contribution in [1.82, 2.24) is 35.5 Å². The summed E-state index contributed by atoms with van der Waals surface area (Å²) in [5, 5.41) is 21.1. The van der Waals surface area contributed by atoms with Crippen LogP contribution in [0.2, 0.25) is 0 Å². The van der Waals surface area contributed by atoms with Crippen LogP contribution in [0.5, 0.6) is 11.5 Å². The predicted molar refractivity (Wildman–Crippen MR) is 274 cm³/mol. The molecule has 0 unspecified atom stereocenters. The highest BCUT2D eigenvalue weighted by Crippen LogP contribution is 2.24. The van der Waals surface area contributed by atoms with Gasteiger partial charge in [-0.1, -0.05) is 24.3 Å². The highest BCUT2D eigenvalue weighted by Gasteiger charge is 2.19. The van der Waals surface area contributed by atoms with Crippen molar-refractivity contribution in [1.29, 1.82) is 0 Å². The molecule has 378 valence electrons. The Morgan fingerprint density at radius 2 is 0.958 bits per heavy atom. The fourth-order valence-electron chi connectivity index (χ4n) is 6.98. The number of anilines is 4. The molecule has 0 spiro atoms. The average molecular weight is 982 g/mol. The van der Waals surface area contributed by atoms with Crippen LogP contribution in [-0.2, 0) is 19.1 Å². The molecule has 18 nitrogen and oxygen atoms in total. The van der Waals surface area contributed by atoms with Crippen LogP contribution in [0, 0.1) is 0 Å². The topological polar surface area (TPSA) is 228 Å². The highest BCUT2D eigenvalue weighted by atomic mass is 16.6. The first-order valence-corrected chi connectivity index (χ1v) is 23.5. The van der Waals surface area contributed by atoms with Crippen molar-refractivity contribution in [3.05, 3.63) is 133 Å². The molecule has 2 aromatic heterocycles. The first-order valence-electron chi connectivity index (χ1n) is 23.5. The molecule has 0 radical (unpaired) electrons. The number of amides is 2. The van der Waals surface area contributed by atoms with E-state index in [0.717, 1.165) is 77.6 Å². The Kier molecular flexibility index (Phi) is 18.7. The number of carbonyl (C=O) groups is 4. The first-order chi connectivity index (χ1) is 34.4. The molecule has 18 heteroatoms. The number of nitrogens with one attached hydrogen (secondary N) is 4. The maximum atomic E-state index is 12.4. The van der Waals surface area contributed by atoms with Gasteiger partial charge < -0.3 is 45.3 Å². The number of likely N-dealkylation sites (tertiary alicyclic amines) is 1. The van der Waals surface area contributed by atoms with E-state index in [-0.39, 0.29) is 31.0 Å².